The number of nitrogens with zero attached hydrogens (tertiary/aromatic N) is 2. The van der Waals surface area contributed by atoms with Crippen LogP contribution in [0.3, 0.4) is 0 Å². The first-order valence-corrected chi connectivity index (χ1v) is 2.86. The molecule has 3 nitrogen and oxygen atoms in total. The summed E-state index contributed by atoms with van der Waals surface area (Å²) in [6.45, 7) is 0. The van der Waals surface area contributed by atoms with Crippen LogP contribution in [-0.2, 0) is 19.5 Å². The number of rotatable bonds is 1. The standard InChI is InChI=1S/C7H7N2O.2ClH.Zn/c1-10-7-4-2-6(9-8)3-5-7;;;/h2-5H,1H3;2*1H;/q+1;;;+1/p-2. The number of ether oxygens (including phenoxy) is 1. The van der Waals surface area contributed by atoms with E-state index < -0.39 is 0 Å². The third-order valence-corrected chi connectivity index (χ3v) is 1.19. The van der Waals surface area contributed by atoms with Gasteiger partial charge in [-0.1, -0.05) is 0 Å². The predicted molar refractivity (Wildman–Crippen MR) is 37.7 cm³/mol. The number of methoxy groups -OCH3 is 1. The molecule has 0 fully saturated rings. The molecule has 0 spiro atoms. The molecule has 0 saturated carbocycles. The minimum Gasteiger partial charge on any atom is -1.00 e. The average molecular weight is 271 g/mol. The van der Waals surface area contributed by atoms with Gasteiger partial charge in [0, 0.05) is 12.1 Å². The van der Waals surface area contributed by atoms with E-state index in [0.717, 1.165) is 5.75 Å². The van der Waals surface area contributed by atoms with Crippen molar-refractivity contribution in [1.29, 1.82) is 5.39 Å². The van der Waals surface area contributed by atoms with E-state index in [1.165, 1.54) is 0 Å². The minimum absolute atomic E-state index is 0. The molecule has 0 N–H and O–H groups in total. The zero-order chi connectivity index (χ0) is 7.40. The molecule has 0 saturated heterocycles. The zero-order valence-electron chi connectivity index (χ0n) is 7.08. The fourth-order valence-electron chi connectivity index (χ4n) is 0.649. The number of diazo groups is 1. The van der Waals surface area contributed by atoms with Gasteiger partial charge < -0.3 is 29.6 Å². The maximum atomic E-state index is 8.29. The Kier molecular flexibility index (Phi) is 13.8. The van der Waals surface area contributed by atoms with Crippen molar-refractivity contribution in [2.45, 2.75) is 0 Å². The summed E-state index contributed by atoms with van der Waals surface area (Å²) in [7, 11) is 1.59. The first-order chi connectivity index (χ1) is 4.86. The number of halogens is 2. The molecule has 0 aliphatic heterocycles. The van der Waals surface area contributed by atoms with Crippen LogP contribution in [0.5, 0.6) is 5.75 Å². The molecule has 0 heterocycles. The molecule has 1 aromatic rings. The molecule has 0 unspecified atom stereocenters. The van der Waals surface area contributed by atoms with E-state index in [1.54, 1.807) is 31.4 Å². The Bertz CT molecular complexity index is 260. The second kappa shape index (κ2) is 9.73. The molecule has 0 aromatic heterocycles. The topological polar surface area (TPSA) is 37.4 Å². The van der Waals surface area contributed by atoms with Crippen molar-refractivity contribution >= 4 is 5.69 Å². The van der Waals surface area contributed by atoms with Crippen molar-refractivity contribution in [3.63, 3.8) is 0 Å². The van der Waals surface area contributed by atoms with Gasteiger partial charge >= 0.3 is 25.2 Å². The fourth-order valence-corrected chi connectivity index (χ4v) is 0.649. The summed E-state index contributed by atoms with van der Waals surface area (Å²) >= 11 is 0. The van der Waals surface area contributed by atoms with Crippen LogP contribution >= 0.6 is 0 Å². The molecule has 0 bridgehead atoms. The first-order valence-electron chi connectivity index (χ1n) is 2.86. The van der Waals surface area contributed by atoms with E-state index >= 15 is 0 Å². The molecule has 0 atom stereocenters. The second-order valence-corrected chi connectivity index (χ2v) is 1.80. The smallest absolute Gasteiger partial charge is 1.00 e. The maximum absolute atomic E-state index is 8.29. The molecule has 1 radical (unpaired) electrons. The van der Waals surface area contributed by atoms with Crippen molar-refractivity contribution in [2.24, 2.45) is 0 Å². The second-order valence-electron chi connectivity index (χ2n) is 1.80. The molecule has 0 aliphatic rings. The zero-order valence-corrected chi connectivity index (χ0v) is 11.6. The van der Waals surface area contributed by atoms with Gasteiger partial charge in [-0.2, -0.15) is 0 Å². The Labute approximate surface area is 102 Å². The summed E-state index contributed by atoms with van der Waals surface area (Å²) in [6.07, 6.45) is 0. The van der Waals surface area contributed by atoms with E-state index in [1.807, 2.05) is 0 Å². The molecule has 1 aromatic carbocycles. The fraction of sp³-hybridized carbons (Fsp3) is 0.143. The van der Waals surface area contributed by atoms with E-state index in [-0.39, 0.29) is 44.3 Å². The summed E-state index contributed by atoms with van der Waals surface area (Å²) < 4.78 is 4.89. The third-order valence-electron chi connectivity index (χ3n) is 1.19. The SMILES string of the molecule is COc1ccc([N+]#N)cc1.[Cl-].[Cl-].[Zn+]. The van der Waals surface area contributed by atoms with Gasteiger partial charge in [0.15, 0.2) is 4.98 Å². The van der Waals surface area contributed by atoms with Crippen molar-refractivity contribution in [3.05, 3.63) is 29.2 Å². The van der Waals surface area contributed by atoms with Gasteiger partial charge in [-0.3, -0.25) is 0 Å². The van der Waals surface area contributed by atoms with Gasteiger partial charge in [0.2, 0.25) is 5.39 Å². The molecule has 13 heavy (non-hydrogen) atoms. The predicted octanol–water partition coefficient (Wildman–Crippen LogP) is -3.81. The molecule has 67 valence electrons. The number of benzene rings is 1. The Balaban J connectivity index is -0.000000333. The van der Waals surface area contributed by atoms with Crippen LogP contribution in [0.15, 0.2) is 24.3 Å². The van der Waals surface area contributed by atoms with Crippen LogP contribution in [0.25, 0.3) is 4.98 Å². The molecular weight excluding hydrogens is 264 g/mol. The van der Waals surface area contributed by atoms with E-state index in [2.05, 4.69) is 4.98 Å². The minimum atomic E-state index is 0. The van der Waals surface area contributed by atoms with Crippen LogP contribution in [0.2, 0.25) is 0 Å². The third kappa shape index (κ3) is 5.82. The Hall–Kier alpha value is -0.357. The van der Waals surface area contributed by atoms with Gasteiger partial charge in [-0.05, 0) is 12.1 Å². The molecular formula is C7H7Cl2N2OZn. The van der Waals surface area contributed by atoms with E-state index in [0.29, 0.717) is 5.69 Å². The van der Waals surface area contributed by atoms with Crippen LogP contribution in [0, 0.1) is 5.39 Å². The molecule has 0 amide bonds. The van der Waals surface area contributed by atoms with E-state index in [4.69, 9.17) is 10.1 Å². The molecule has 1 rings (SSSR count). The van der Waals surface area contributed by atoms with Crippen LogP contribution < -0.4 is 29.6 Å². The van der Waals surface area contributed by atoms with Gasteiger partial charge in [-0.15, -0.1) is 0 Å². The largest absolute Gasteiger partial charge is 1.00 e. The summed E-state index contributed by atoms with van der Waals surface area (Å²) in [4.78, 5) is 2.99. The Morgan fingerprint density at radius 3 is 1.92 bits per heavy atom. The monoisotopic (exact) mass is 269 g/mol. The van der Waals surface area contributed by atoms with Crippen LogP contribution in [-0.4, -0.2) is 7.11 Å². The van der Waals surface area contributed by atoms with Crippen LogP contribution in [0.1, 0.15) is 0 Å². The Morgan fingerprint density at radius 2 is 1.62 bits per heavy atom. The Morgan fingerprint density at radius 1 is 1.15 bits per heavy atom. The van der Waals surface area contributed by atoms with Gasteiger partial charge in [0.05, 0.1) is 7.11 Å². The normalized spacial score (nSPS) is 6.46. The van der Waals surface area contributed by atoms with Gasteiger partial charge in [0.25, 0.3) is 0 Å². The number of hydrogen-bond acceptors (Lipinski definition) is 2. The molecule has 6 heteroatoms. The van der Waals surface area contributed by atoms with Gasteiger partial charge in [0.1, 0.15) is 5.75 Å². The summed E-state index contributed by atoms with van der Waals surface area (Å²) in [6, 6.07) is 6.79. The summed E-state index contributed by atoms with van der Waals surface area (Å²) in [5.41, 5.74) is 0.529. The summed E-state index contributed by atoms with van der Waals surface area (Å²) in [5, 5.41) is 8.29. The maximum Gasteiger partial charge on any atom is 1.00 e. The average Bonchev–Trinajstić information content (AvgIpc) is 2.05. The van der Waals surface area contributed by atoms with Crippen molar-refractivity contribution < 1.29 is 49.0 Å². The molecule has 0 aliphatic carbocycles. The van der Waals surface area contributed by atoms with E-state index in [9.17, 15) is 0 Å². The van der Waals surface area contributed by atoms with Crippen LogP contribution in [0.4, 0.5) is 5.69 Å². The van der Waals surface area contributed by atoms with Crippen molar-refractivity contribution in [1.82, 2.24) is 0 Å². The van der Waals surface area contributed by atoms with Crippen molar-refractivity contribution in [2.75, 3.05) is 7.11 Å². The van der Waals surface area contributed by atoms with Crippen molar-refractivity contribution in [3.8, 4) is 5.75 Å². The quantitative estimate of drug-likeness (QED) is 0.388. The van der Waals surface area contributed by atoms with Gasteiger partial charge in [-0.25, -0.2) is 0 Å². The summed E-state index contributed by atoms with van der Waals surface area (Å²) in [5.74, 6) is 0.757. The number of hydrogen-bond donors (Lipinski definition) is 0. The first kappa shape index (κ1) is 18.4.